The molecule has 0 amide bonds. The summed E-state index contributed by atoms with van der Waals surface area (Å²) in [5.41, 5.74) is 29.9. The number of hydrogen-bond donors (Lipinski definition) is 0. The summed E-state index contributed by atoms with van der Waals surface area (Å²) in [4.78, 5) is 2.63. The van der Waals surface area contributed by atoms with Crippen molar-refractivity contribution in [2.45, 2.75) is 69.1 Å². The van der Waals surface area contributed by atoms with Crippen LogP contribution in [0.15, 0.2) is 194 Å². The number of rotatable bonds is 3. The first-order valence-electron chi connectivity index (χ1n) is 25.8. The van der Waals surface area contributed by atoms with Gasteiger partial charge in [0, 0.05) is 17.1 Å². The van der Waals surface area contributed by atoms with Gasteiger partial charge in [-0.2, -0.15) is 0 Å². The Kier molecular flexibility index (Phi) is 7.83. The van der Waals surface area contributed by atoms with Crippen molar-refractivity contribution in [3.63, 3.8) is 0 Å². The second-order valence-corrected chi connectivity index (χ2v) is 22.0. The van der Waals surface area contributed by atoms with Crippen molar-refractivity contribution in [2.24, 2.45) is 17.3 Å². The van der Waals surface area contributed by atoms with Crippen molar-refractivity contribution in [2.75, 3.05) is 4.90 Å². The Morgan fingerprint density at radius 2 is 0.957 bits per heavy atom. The molecule has 6 aliphatic carbocycles. The molecule has 0 aromatic heterocycles. The summed E-state index contributed by atoms with van der Waals surface area (Å²) in [7, 11) is 0. The van der Waals surface area contributed by atoms with Crippen LogP contribution < -0.4 is 4.90 Å². The van der Waals surface area contributed by atoms with E-state index >= 15 is 0 Å². The maximum atomic E-state index is 2.66. The monoisotopic (exact) mass is 883 g/mol. The predicted molar refractivity (Wildman–Crippen MR) is 284 cm³/mol. The Morgan fingerprint density at radius 3 is 1.77 bits per heavy atom. The van der Waals surface area contributed by atoms with E-state index in [1.54, 1.807) is 11.1 Å². The topological polar surface area (TPSA) is 3.24 Å². The van der Waals surface area contributed by atoms with Gasteiger partial charge in [-0.1, -0.05) is 163 Å². The minimum atomic E-state index is -0.469. The first kappa shape index (κ1) is 38.7. The summed E-state index contributed by atoms with van der Waals surface area (Å²) >= 11 is 0. The zero-order valence-electron chi connectivity index (χ0n) is 39.2. The summed E-state index contributed by atoms with van der Waals surface area (Å²) in [5, 5.41) is 0. The SMILES string of the molecule is Cc1ccc2c(c1)CCc1cc3ccc1C21c2ccccc2-c2ccc(cc21)N(c1ccc2c(c1)C1CC4CC5CC(CC54C1)c1ccccc1-2)c1ccc(-c2ccccc2-c2ccccc2)c-3c1. The van der Waals surface area contributed by atoms with Gasteiger partial charge in [0.05, 0.1) is 5.41 Å². The summed E-state index contributed by atoms with van der Waals surface area (Å²) in [6, 6.07) is 76.3. The number of nitrogens with zero attached hydrogens (tertiary/aromatic N) is 1. The molecule has 6 atom stereocenters. The molecule has 9 aromatic rings. The lowest BCUT2D eigenvalue weighted by Gasteiger charge is -2.49. The number of hydrogen-bond acceptors (Lipinski definition) is 1. The zero-order valence-corrected chi connectivity index (χ0v) is 39.2. The lowest BCUT2D eigenvalue weighted by atomic mass is 9.56. The fourth-order valence-corrected chi connectivity index (χ4v) is 16.2. The maximum Gasteiger partial charge on any atom is 0.0719 e. The third-order valence-electron chi connectivity index (χ3n) is 19.0. The van der Waals surface area contributed by atoms with Crippen LogP contribution in [0, 0.1) is 24.2 Å². The van der Waals surface area contributed by atoms with E-state index in [4.69, 9.17) is 0 Å². The number of fused-ring (bicyclic) bond motifs is 11. The number of aryl methyl sites for hydroxylation is 3. The van der Waals surface area contributed by atoms with Crippen molar-refractivity contribution in [3.05, 3.63) is 244 Å². The molecule has 6 unspecified atom stereocenters. The van der Waals surface area contributed by atoms with Gasteiger partial charge in [-0.3, -0.25) is 0 Å². The van der Waals surface area contributed by atoms with E-state index in [9.17, 15) is 0 Å². The summed E-state index contributed by atoms with van der Waals surface area (Å²) < 4.78 is 0. The minimum absolute atomic E-state index is 0.469. The van der Waals surface area contributed by atoms with Gasteiger partial charge >= 0.3 is 0 Å². The number of benzene rings is 9. The van der Waals surface area contributed by atoms with Crippen LogP contribution in [0.4, 0.5) is 17.1 Å². The third kappa shape index (κ3) is 5.16. The smallest absolute Gasteiger partial charge is 0.0719 e. The lowest BCUT2D eigenvalue weighted by Crippen LogP contribution is -2.41. The number of anilines is 3. The van der Waals surface area contributed by atoms with Crippen LogP contribution in [0.25, 0.3) is 55.6 Å². The molecule has 69 heavy (non-hydrogen) atoms. The minimum Gasteiger partial charge on any atom is -0.310 e. The van der Waals surface area contributed by atoms with E-state index in [0.29, 0.717) is 17.3 Å². The highest BCUT2D eigenvalue weighted by molar-refractivity contribution is 5.97. The maximum absolute atomic E-state index is 2.66. The van der Waals surface area contributed by atoms with Crippen LogP contribution in [0.2, 0.25) is 0 Å². The van der Waals surface area contributed by atoms with Crippen LogP contribution in [-0.4, -0.2) is 0 Å². The van der Waals surface area contributed by atoms with Crippen molar-refractivity contribution in [1.29, 1.82) is 0 Å². The van der Waals surface area contributed by atoms with Crippen LogP contribution in [0.5, 0.6) is 0 Å². The van der Waals surface area contributed by atoms with Crippen molar-refractivity contribution >= 4 is 17.1 Å². The molecule has 1 nitrogen and oxygen atoms in total. The van der Waals surface area contributed by atoms with Crippen LogP contribution in [0.3, 0.4) is 0 Å². The second-order valence-electron chi connectivity index (χ2n) is 22.0. The molecule has 0 saturated heterocycles. The van der Waals surface area contributed by atoms with E-state index in [-0.39, 0.29) is 0 Å². The van der Waals surface area contributed by atoms with E-state index in [1.807, 2.05) is 0 Å². The molecule has 0 N–H and O–H groups in total. The van der Waals surface area contributed by atoms with E-state index in [1.165, 1.54) is 144 Å². The van der Waals surface area contributed by atoms with Crippen molar-refractivity contribution in [1.82, 2.24) is 0 Å². The average molecular weight is 884 g/mol. The van der Waals surface area contributed by atoms with Crippen molar-refractivity contribution in [3.8, 4) is 55.6 Å². The summed E-state index contributed by atoms with van der Waals surface area (Å²) in [5.74, 6) is 3.01. The van der Waals surface area contributed by atoms with Crippen molar-refractivity contribution < 1.29 is 0 Å². The Morgan fingerprint density at radius 1 is 0.377 bits per heavy atom. The second kappa shape index (κ2) is 14.0. The van der Waals surface area contributed by atoms with Crippen LogP contribution >= 0.6 is 0 Å². The summed E-state index contributed by atoms with van der Waals surface area (Å²) in [6.45, 7) is 2.27. The highest BCUT2D eigenvalue weighted by Crippen LogP contribution is 2.75. The molecular weight excluding hydrogens is 831 g/mol. The molecule has 3 saturated carbocycles. The van der Waals surface area contributed by atoms with E-state index in [2.05, 4.69) is 206 Å². The molecule has 2 heterocycles. The molecule has 17 rings (SSSR count). The Bertz CT molecular complexity index is 3670. The largest absolute Gasteiger partial charge is 0.310 e. The molecule has 9 aromatic carbocycles. The molecule has 1 heteroatoms. The van der Waals surface area contributed by atoms with Gasteiger partial charge < -0.3 is 4.90 Å². The predicted octanol–water partition coefficient (Wildman–Crippen LogP) is 17.3. The molecule has 8 aliphatic rings. The Balaban J connectivity index is 0.994. The lowest BCUT2D eigenvalue weighted by molar-refractivity contribution is 0.00308. The molecule has 11 bridgehead atoms. The van der Waals surface area contributed by atoms with Gasteiger partial charge in [0.1, 0.15) is 0 Å². The van der Waals surface area contributed by atoms with E-state index in [0.717, 1.165) is 24.7 Å². The zero-order chi connectivity index (χ0) is 45.2. The van der Waals surface area contributed by atoms with Gasteiger partial charge in [-0.25, -0.2) is 0 Å². The fourth-order valence-electron chi connectivity index (χ4n) is 16.2. The average Bonchev–Trinajstić information content (AvgIpc) is 3.93. The molecule has 2 spiro atoms. The van der Waals surface area contributed by atoms with Gasteiger partial charge in [0.15, 0.2) is 0 Å². The summed E-state index contributed by atoms with van der Waals surface area (Å²) in [6.07, 6.45) is 8.87. The van der Waals surface area contributed by atoms with Gasteiger partial charge in [-0.05, 0) is 217 Å². The molecule has 330 valence electrons. The first-order chi connectivity index (χ1) is 34.0. The highest BCUT2D eigenvalue weighted by Gasteiger charge is 2.64. The Labute approximate surface area is 406 Å². The van der Waals surface area contributed by atoms with Crippen LogP contribution in [0.1, 0.15) is 94.0 Å². The first-order valence-corrected chi connectivity index (χ1v) is 25.8. The Hall–Kier alpha value is -7.22. The molecule has 3 fully saturated rings. The third-order valence-corrected chi connectivity index (χ3v) is 19.0. The van der Waals surface area contributed by atoms with Gasteiger partial charge in [-0.15, -0.1) is 0 Å². The molecular formula is C68H53N. The molecule has 2 aliphatic heterocycles. The van der Waals surface area contributed by atoms with Gasteiger partial charge in [0.2, 0.25) is 0 Å². The van der Waals surface area contributed by atoms with Crippen LogP contribution in [-0.2, 0) is 18.3 Å². The molecule has 0 radical (unpaired) electrons. The quantitative estimate of drug-likeness (QED) is 0.171. The fraction of sp³-hybridized carbons (Fsp3) is 0.206. The van der Waals surface area contributed by atoms with Gasteiger partial charge in [0.25, 0.3) is 0 Å². The standard InChI is InChI=1S/C68H53N/c1-41-19-29-63-44(31-41)20-21-45-32-43-22-30-64(45)68(63)65-18-10-9-17-59(65)60-28-25-52(38-66(60)68)69(50-23-26-57(61(43)36-50)55-15-7-5-13-53(55)42-11-3-2-4-12-42)51-24-27-58-56-16-8-6-14-54(56)46-33-48-35-49-34-47(62(58)37-51)40-67(48,49)39-46/h2-19,22-32,36-38,46-49H,20-21,33-35,39-40H2,1H3. The van der Waals surface area contributed by atoms with E-state index < -0.39 is 5.41 Å². The normalized spacial score (nSPS) is 24.3. The highest BCUT2D eigenvalue weighted by atomic mass is 15.1.